The number of aliphatic hydroxyl groups excluding tert-OH is 1. The van der Waals surface area contributed by atoms with Crippen LogP contribution < -0.4 is 5.43 Å². The summed E-state index contributed by atoms with van der Waals surface area (Å²) in [4.78, 5) is 0. The molecule has 0 bridgehead atoms. The Morgan fingerprint density at radius 1 is 1.04 bits per heavy atom. The molecule has 1 heterocycles. The SMILES string of the molecule is Cc1ccc(CC2(OCc3ccccc3)C=C(O)C=NN2)cc1. The maximum absolute atomic E-state index is 9.86. The topological polar surface area (TPSA) is 53.9 Å². The summed E-state index contributed by atoms with van der Waals surface area (Å²) in [7, 11) is 0. The van der Waals surface area contributed by atoms with Crippen molar-refractivity contribution in [3.63, 3.8) is 0 Å². The molecule has 0 saturated heterocycles. The first-order valence-corrected chi connectivity index (χ1v) is 7.61. The van der Waals surface area contributed by atoms with E-state index in [1.54, 1.807) is 6.08 Å². The molecule has 0 fully saturated rings. The number of nitrogens with zero attached hydrogens (tertiary/aromatic N) is 1. The Labute approximate surface area is 136 Å². The number of allylic oxidation sites excluding steroid dienone is 1. The van der Waals surface area contributed by atoms with Crippen LogP contribution in [-0.4, -0.2) is 17.0 Å². The van der Waals surface area contributed by atoms with Crippen LogP contribution in [0.3, 0.4) is 0 Å². The van der Waals surface area contributed by atoms with Crippen LogP contribution in [0.1, 0.15) is 16.7 Å². The number of hydrogen-bond donors (Lipinski definition) is 2. The number of hydrogen-bond acceptors (Lipinski definition) is 4. The Morgan fingerprint density at radius 3 is 2.48 bits per heavy atom. The van der Waals surface area contributed by atoms with E-state index in [2.05, 4.69) is 41.7 Å². The molecule has 2 aromatic carbocycles. The zero-order valence-corrected chi connectivity index (χ0v) is 13.1. The zero-order valence-electron chi connectivity index (χ0n) is 13.1. The van der Waals surface area contributed by atoms with Gasteiger partial charge in [-0.15, -0.1) is 0 Å². The van der Waals surface area contributed by atoms with E-state index in [-0.39, 0.29) is 5.76 Å². The van der Waals surface area contributed by atoms with Gasteiger partial charge in [0.05, 0.1) is 12.8 Å². The number of hydrazone groups is 1. The molecule has 1 unspecified atom stereocenters. The zero-order chi connectivity index (χ0) is 16.1. The van der Waals surface area contributed by atoms with Gasteiger partial charge in [-0.2, -0.15) is 5.10 Å². The molecule has 0 saturated carbocycles. The third-order valence-corrected chi connectivity index (χ3v) is 3.76. The quantitative estimate of drug-likeness (QED) is 0.889. The van der Waals surface area contributed by atoms with Crippen LogP contribution in [0.5, 0.6) is 0 Å². The van der Waals surface area contributed by atoms with E-state index in [9.17, 15) is 5.11 Å². The van der Waals surface area contributed by atoms with Crippen molar-refractivity contribution in [3.8, 4) is 0 Å². The van der Waals surface area contributed by atoms with Crippen molar-refractivity contribution in [2.24, 2.45) is 5.10 Å². The summed E-state index contributed by atoms with van der Waals surface area (Å²) in [6.07, 6.45) is 3.61. The summed E-state index contributed by atoms with van der Waals surface area (Å²) in [5.41, 5.74) is 5.54. The van der Waals surface area contributed by atoms with Crippen molar-refractivity contribution in [3.05, 3.63) is 83.1 Å². The molecule has 0 spiro atoms. The van der Waals surface area contributed by atoms with Crippen molar-refractivity contribution in [1.29, 1.82) is 0 Å². The van der Waals surface area contributed by atoms with Gasteiger partial charge in [0, 0.05) is 12.5 Å². The lowest BCUT2D eigenvalue weighted by Gasteiger charge is -2.32. The normalized spacial score (nSPS) is 20.0. The highest BCUT2D eigenvalue weighted by Gasteiger charge is 2.31. The second-order valence-corrected chi connectivity index (χ2v) is 5.77. The molecule has 0 radical (unpaired) electrons. The molecule has 0 amide bonds. The third kappa shape index (κ3) is 3.99. The van der Waals surface area contributed by atoms with E-state index in [4.69, 9.17) is 4.74 Å². The molecule has 4 nitrogen and oxygen atoms in total. The van der Waals surface area contributed by atoms with Crippen molar-refractivity contribution in [2.45, 2.75) is 25.7 Å². The molecule has 1 aliphatic heterocycles. The fourth-order valence-electron chi connectivity index (χ4n) is 2.53. The van der Waals surface area contributed by atoms with Crippen LogP contribution in [-0.2, 0) is 17.8 Å². The highest BCUT2D eigenvalue weighted by molar-refractivity contribution is 5.76. The number of rotatable bonds is 5. The first kappa shape index (κ1) is 15.3. The first-order valence-electron chi connectivity index (χ1n) is 7.61. The van der Waals surface area contributed by atoms with Gasteiger partial charge in [0.15, 0.2) is 5.72 Å². The largest absolute Gasteiger partial charge is 0.506 e. The molecule has 1 atom stereocenters. The lowest BCUT2D eigenvalue weighted by molar-refractivity contribution is -0.0470. The summed E-state index contributed by atoms with van der Waals surface area (Å²) in [6, 6.07) is 18.2. The van der Waals surface area contributed by atoms with Crippen molar-refractivity contribution in [1.82, 2.24) is 5.43 Å². The van der Waals surface area contributed by atoms with Gasteiger partial charge >= 0.3 is 0 Å². The third-order valence-electron chi connectivity index (χ3n) is 3.76. The number of ether oxygens (including phenoxy) is 1. The van der Waals surface area contributed by atoms with Crippen LogP contribution in [0.4, 0.5) is 0 Å². The fraction of sp³-hybridized carbons (Fsp3) is 0.211. The number of aliphatic hydroxyl groups is 1. The Bertz CT molecular complexity index is 708. The van der Waals surface area contributed by atoms with E-state index in [0.29, 0.717) is 13.0 Å². The van der Waals surface area contributed by atoms with E-state index in [1.807, 2.05) is 30.3 Å². The number of aryl methyl sites for hydroxylation is 1. The molecule has 118 valence electrons. The monoisotopic (exact) mass is 308 g/mol. The molecule has 2 aromatic rings. The second-order valence-electron chi connectivity index (χ2n) is 5.77. The predicted octanol–water partition coefficient (Wildman–Crippen LogP) is 3.48. The highest BCUT2D eigenvalue weighted by atomic mass is 16.5. The molecular formula is C19H20N2O2. The Kier molecular flexibility index (Phi) is 4.44. The minimum Gasteiger partial charge on any atom is -0.506 e. The number of benzene rings is 2. The van der Waals surface area contributed by atoms with E-state index >= 15 is 0 Å². The Hall–Kier alpha value is -2.59. The van der Waals surface area contributed by atoms with Crippen LogP contribution in [0.15, 0.2) is 71.5 Å². The van der Waals surface area contributed by atoms with Crippen LogP contribution >= 0.6 is 0 Å². The van der Waals surface area contributed by atoms with Gasteiger partial charge in [0.25, 0.3) is 0 Å². The predicted molar refractivity (Wildman–Crippen MR) is 91.2 cm³/mol. The maximum atomic E-state index is 9.86. The van der Waals surface area contributed by atoms with E-state index in [1.165, 1.54) is 11.8 Å². The van der Waals surface area contributed by atoms with Crippen LogP contribution in [0, 0.1) is 6.92 Å². The lowest BCUT2D eigenvalue weighted by atomic mass is 10.00. The van der Waals surface area contributed by atoms with E-state index in [0.717, 1.165) is 11.1 Å². The van der Waals surface area contributed by atoms with Gasteiger partial charge in [0.1, 0.15) is 5.76 Å². The van der Waals surface area contributed by atoms with Gasteiger partial charge in [-0.05, 0) is 18.1 Å². The summed E-state index contributed by atoms with van der Waals surface area (Å²) in [5, 5.41) is 13.9. The Morgan fingerprint density at radius 2 is 1.78 bits per heavy atom. The second kappa shape index (κ2) is 6.67. The maximum Gasteiger partial charge on any atom is 0.180 e. The summed E-state index contributed by atoms with van der Waals surface area (Å²) in [5.74, 6) is 0.101. The Balaban J connectivity index is 1.80. The summed E-state index contributed by atoms with van der Waals surface area (Å²) in [6.45, 7) is 2.49. The molecule has 23 heavy (non-hydrogen) atoms. The molecule has 2 N–H and O–H groups in total. The lowest BCUT2D eigenvalue weighted by Crippen LogP contribution is -2.47. The standard InChI is InChI=1S/C19H20N2O2/c1-15-7-9-16(10-8-15)11-19(12-18(22)13-20-21-19)23-14-17-5-3-2-4-6-17/h2-10,12-13,21-22H,11,14H2,1H3. The van der Waals surface area contributed by atoms with E-state index < -0.39 is 5.72 Å². The van der Waals surface area contributed by atoms with Crippen molar-refractivity contribution < 1.29 is 9.84 Å². The van der Waals surface area contributed by atoms with Crippen LogP contribution in [0.2, 0.25) is 0 Å². The minimum absolute atomic E-state index is 0.101. The van der Waals surface area contributed by atoms with Gasteiger partial charge < -0.3 is 9.84 Å². The highest BCUT2D eigenvalue weighted by Crippen LogP contribution is 2.22. The molecular weight excluding hydrogens is 288 g/mol. The summed E-state index contributed by atoms with van der Waals surface area (Å²) < 4.78 is 6.10. The minimum atomic E-state index is -0.857. The van der Waals surface area contributed by atoms with Crippen molar-refractivity contribution in [2.75, 3.05) is 0 Å². The van der Waals surface area contributed by atoms with Gasteiger partial charge in [0.2, 0.25) is 0 Å². The molecule has 1 aliphatic rings. The number of nitrogens with one attached hydrogen (secondary N) is 1. The fourth-order valence-corrected chi connectivity index (χ4v) is 2.53. The smallest absolute Gasteiger partial charge is 0.180 e. The van der Waals surface area contributed by atoms with Gasteiger partial charge in [-0.3, -0.25) is 5.43 Å². The molecule has 4 heteroatoms. The molecule has 0 aromatic heterocycles. The summed E-state index contributed by atoms with van der Waals surface area (Å²) >= 11 is 0. The molecule has 3 rings (SSSR count). The van der Waals surface area contributed by atoms with Crippen LogP contribution in [0.25, 0.3) is 0 Å². The molecule has 0 aliphatic carbocycles. The first-order chi connectivity index (χ1) is 11.2. The van der Waals surface area contributed by atoms with Crippen molar-refractivity contribution >= 4 is 6.21 Å². The van der Waals surface area contributed by atoms with Gasteiger partial charge in [-0.1, -0.05) is 60.2 Å². The van der Waals surface area contributed by atoms with Gasteiger partial charge in [-0.25, -0.2) is 0 Å². The average Bonchev–Trinajstić information content (AvgIpc) is 2.56. The average molecular weight is 308 g/mol.